The molecule has 0 aliphatic heterocycles. The lowest BCUT2D eigenvalue weighted by Gasteiger charge is -2.15. The highest BCUT2D eigenvalue weighted by Gasteiger charge is 2.17. The van der Waals surface area contributed by atoms with Crippen LogP contribution < -0.4 is 10.1 Å². The number of carbonyl (C=O) groups is 1. The number of fused-ring (bicyclic) bond motifs is 3. The molecule has 0 aliphatic carbocycles. The van der Waals surface area contributed by atoms with Crippen LogP contribution in [0.1, 0.15) is 13.8 Å². The number of carbonyl (C=O) groups excluding carboxylic acids is 1. The fraction of sp³-hybridized carbons (Fsp3) is 0.174. The zero-order valence-corrected chi connectivity index (χ0v) is 16.7. The summed E-state index contributed by atoms with van der Waals surface area (Å²) >= 11 is 0. The number of nitrogens with one attached hydrogen (secondary N) is 1. The first-order valence-electron chi connectivity index (χ1n) is 9.71. The molecule has 152 valence electrons. The lowest BCUT2D eigenvalue weighted by Crippen LogP contribution is -2.30. The fourth-order valence-corrected chi connectivity index (χ4v) is 3.62. The van der Waals surface area contributed by atoms with Gasteiger partial charge in [-0.2, -0.15) is 0 Å². The minimum absolute atomic E-state index is 0.0287. The number of aromatic nitrogens is 1. The van der Waals surface area contributed by atoms with Crippen molar-refractivity contribution in [1.82, 2.24) is 4.57 Å². The second kappa shape index (κ2) is 7.87. The maximum atomic E-state index is 12.6. The van der Waals surface area contributed by atoms with E-state index < -0.39 is 11.0 Å². The van der Waals surface area contributed by atoms with Crippen LogP contribution in [0.5, 0.6) is 5.75 Å². The number of non-ortho nitro benzene ring substituents is 1. The number of aryl methyl sites for hydroxylation is 1. The number of benzene rings is 3. The number of nitrogens with zero attached hydrogens (tertiary/aromatic N) is 2. The van der Waals surface area contributed by atoms with E-state index in [0.29, 0.717) is 11.4 Å². The van der Waals surface area contributed by atoms with Crippen LogP contribution in [-0.4, -0.2) is 21.5 Å². The molecule has 1 amide bonds. The van der Waals surface area contributed by atoms with Gasteiger partial charge in [0.15, 0.2) is 6.10 Å². The molecule has 0 saturated heterocycles. The van der Waals surface area contributed by atoms with Gasteiger partial charge in [0, 0.05) is 46.2 Å². The highest BCUT2D eigenvalue weighted by Crippen LogP contribution is 2.31. The van der Waals surface area contributed by atoms with Gasteiger partial charge in [-0.3, -0.25) is 14.9 Å². The van der Waals surface area contributed by atoms with E-state index in [2.05, 4.69) is 28.9 Å². The summed E-state index contributed by atoms with van der Waals surface area (Å²) in [5.74, 6) is 0.0941. The lowest BCUT2D eigenvalue weighted by atomic mass is 10.1. The summed E-state index contributed by atoms with van der Waals surface area (Å²) in [6.45, 7) is 4.60. The Bertz CT molecular complexity index is 1240. The van der Waals surface area contributed by atoms with Gasteiger partial charge in [0.2, 0.25) is 0 Å². The van der Waals surface area contributed by atoms with E-state index in [4.69, 9.17) is 4.74 Å². The molecule has 4 aromatic rings. The molecule has 30 heavy (non-hydrogen) atoms. The van der Waals surface area contributed by atoms with Crippen LogP contribution in [-0.2, 0) is 11.3 Å². The highest BCUT2D eigenvalue weighted by atomic mass is 16.6. The van der Waals surface area contributed by atoms with Crippen LogP contribution in [0.2, 0.25) is 0 Å². The van der Waals surface area contributed by atoms with Crippen molar-refractivity contribution in [3.63, 3.8) is 0 Å². The zero-order valence-electron chi connectivity index (χ0n) is 16.7. The Hall–Kier alpha value is -3.87. The smallest absolute Gasteiger partial charge is 0.269 e. The minimum atomic E-state index is -0.765. The van der Waals surface area contributed by atoms with E-state index in [1.54, 1.807) is 6.92 Å². The molecule has 1 heterocycles. The number of para-hydroxylation sites is 1. The van der Waals surface area contributed by atoms with E-state index >= 15 is 0 Å². The van der Waals surface area contributed by atoms with Crippen molar-refractivity contribution < 1.29 is 14.5 Å². The van der Waals surface area contributed by atoms with Gasteiger partial charge < -0.3 is 14.6 Å². The third-order valence-corrected chi connectivity index (χ3v) is 5.09. The Labute approximate surface area is 173 Å². The predicted octanol–water partition coefficient (Wildman–Crippen LogP) is 5.13. The Morgan fingerprint density at radius 3 is 2.47 bits per heavy atom. The van der Waals surface area contributed by atoms with Gasteiger partial charge in [0.1, 0.15) is 5.75 Å². The maximum Gasteiger partial charge on any atom is 0.269 e. The van der Waals surface area contributed by atoms with E-state index in [0.717, 1.165) is 28.4 Å². The minimum Gasteiger partial charge on any atom is -0.481 e. The number of nitro groups is 1. The lowest BCUT2D eigenvalue weighted by molar-refractivity contribution is -0.384. The van der Waals surface area contributed by atoms with Gasteiger partial charge in [-0.25, -0.2) is 0 Å². The molecule has 0 spiro atoms. The molecular weight excluding hydrogens is 382 g/mol. The van der Waals surface area contributed by atoms with Crippen molar-refractivity contribution in [2.75, 3.05) is 5.32 Å². The summed E-state index contributed by atoms with van der Waals surface area (Å²) in [6, 6.07) is 19.7. The van der Waals surface area contributed by atoms with Gasteiger partial charge in [0.05, 0.1) is 4.92 Å². The molecule has 0 radical (unpaired) electrons. The molecule has 1 atom stereocenters. The SMILES string of the molecule is CCn1c2ccccc2c2cc(NC(=O)[C@H](C)Oc3ccc([N+](=O)[O-])cc3)ccc21. The number of ether oxygens (including phenoxy) is 1. The number of hydrogen-bond acceptors (Lipinski definition) is 4. The molecule has 4 rings (SSSR count). The second-order valence-electron chi connectivity index (χ2n) is 6.99. The van der Waals surface area contributed by atoms with E-state index in [1.165, 1.54) is 24.3 Å². The fourth-order valence-electron chi connectivity index (χ4n) is 3.62. The van der Waals surface area contributed by atoms with Crippen molar-refractivity contribution in [1.29, 1.82) is 0 Å². The average molecular weight is 403 g/mol. The summed E-state index contributed by atoms with van der Waals surface area (Å²) in [6.07, 6.45) is -0.765. The molecule has 0 unspecified atom stereocenters. The first kappa shape index (κ1) is 19.4. The summed E-state index contributed by atoms with van der Waals surface area (Å²) < 4.78 is 7.87. The Morgan fingerprint density at radius 2 is 1.77 bits per heavy atom. The molecular formula is C23H21N3O4. The number of anilines is 1. The van der Waals surface area contributed by atoms with E-state index in [9.17, 15) is 14.9 Å². The van der Waals surface area contributed by atoms with Gasteiger partial charge in [-0.05, 0) is 50.2 Å². The van der Waals surface area contributed by atoms with Crippen molar-refractivity contribution >= 4 is 39.1 Å². The van der Waals surface area contributed by atoms with E-state index in [1.807, 2.05) is 30.3 Å². The second-order valence-corrected chi connectivity index (χ2v) is 6.99. The Morgan fingerprint density at radius 1 is 1.07 bits per heavy atom. The summed E-state index contributed by atoms with van der Waals surface area (Å²) in [7, 11) is 0. The topological polar surface area (TPSA) is 86.4 Å². The average Bonchev–Trinajstić information content (AvgIpc) is 3.07. The first-order chi connectivity index (χ1) is 14.5. The quantitative estimate of drug-likeness (QED) is 0.357. The van der Waals surface area contributed by atoms with Gasteiger partial charge in [0.25, 0.3) is 11.6 Å². The molecule has 0 aliphatic rings. The summed E-state index contributed by atoms with van der Waals surface area (Å²) in [5.41, 5.74) is 2.94. The molecule has 7 heteroatoms. The predicted molar refractivity (Wildman–Crippen MR) is 117 cm³/mol. The Kier molecular flexibility index (Phi) is 5.10. The molecule has 0 saturated carbocycles. The summed E-state index contributed by atoms with van der Waals surface area (Å²) in [5, 5.41) is 15.9. The standard InChI is InChI=1S/C23H21N3O4/c1-3-25-21-7-5-4-6-19(21)20-14-16(8-13-22(20)25)24-23(27)15(2)30-18-11-9-17(10-12-18)26(28)29/h4-15H,3H2,1-2H3,(H,24,27)/t15-/m0/s1. The van der Waals surface area contributed by atoms with Gasteiger partial charge in [-0.15, -0.1) is 0 Å². The van der Waals surface area contributed by atoms with Crippen molar-refractivity contribution in [2.45, 2.75) is 26.5 Å². The third-order valence-electron chi connectivity index (χ3n) is 5.09. The van der Waals surface area contributed by atoms with Crippen LogP contribution in [0.25, 0.3) is 21.8 Å². The van der Waals surface area contributed by atoms with Crippen molar-refractivity contribution in [2.24, 2.45) is 0 Å². The molecule has 3 aromatic carbocycles. The monoisotopic (exact) mass is 403 g/mol. The molecule has 0 fully saturated rings. The molecule has 1 aromatic heterocycles. The number of nitro benzene ring substituents is 1. The zero-order chi connectivity index (χ0) is 21.3. The highest BCUT2D eigenvalue weighted by molar-refractivity contribution is 6.10. The molecule has 0 bridgehead atoms. The van der Waals surface area contributed by atoms with Crippen molar-refractivity contribution in [3.05, 3.63) is 76.8 Å². The van der Waals surface area contributed by atoms with Crippen molar-refractivity contribution in [3.8, 4) is 5.75 Å². The molecule has 1 N–H and O–H groups in total. The first-order valence-corrected chi connectivity index (χ1v) is 9.71. The van der Waals surface area contributed by atoms with Crippen LogP contribution in [0.3, 0.4) is 0 Å². The van der Waals surface area contributed by atoms with Crippen LogP contribution in [0.15, 0.2) is 66.7 Å². The number of rotatable bonds is 6. The van der Waals surface area contributed by atoms with E-state index in [-0.39, 0.29) is 11.6 Å². The maximum absolute atomic E-state index is 12.6. The summed E-state index contributed by atoms with van der Waals surface area (Å²) in [4.78, 5) is 22.9. The van der Waals surface area contributed by atoms with Gasteiger partial charge in [-0.1, -0.05) is 18.2 Å². The number of hydrogen-bond donors (Lipinski definition) is 1. The largest absolute Gasteiger partial charge is 0.481 e. The normalized spacial score (nSPS) is 12.1. The van der Waals surface area contributed by atoms with Crippen LogP contribution in [0.4, 0.5) is 11.4 Å². The molecule has 7 nitrogen and oxygen atoms in total. The van der Waals surface area contributed by atoms with Gasteiger partial charge >= 0.3 is 0 Å². The van der Waals surface area contributed by atoms with Crippen LogP contribution in [0, 0.1) is 10.1 Å². The third kappa shape index (κ3) is 3.57. The number of amides is 1. The Balaban J connectivity index is 1.53. The van der Waals surface area contributed by atoms with Crippen LogP contribution >= 0.6 is 0 Å².